The van der Waals surface area contributed by atoms with Gasteiger partial charge in [0, 0.05) is 30.8 Å². The first-order valence-electron chi connectivity index (χ1n) is 11.8. The topological polar surface area (TPSA) is 103 Å². The van der Waals surface area contributed by atoms with Crippen LogP contribution in [0.5, 0.6) is 0 Å². The second-order valence-corrected chi connectivity index (χ2v) is 9.21. The molecular formula is C26H31N5O3. The minimum Gasteiger partial charge on any atom is -0.388 e. The van der Waals surface area contributed by atoms with E-state index in [-0.39, 0.29) is 0 Å². The predicted molar refractivity (Wildman–Crippen MR) is 134 cm³/mol. The molecule has 3 aliphatic rings. The number of anilines is 1. The van der Waals surface area contributed by atoms with Gasteiger partial charge >= 0.3 is 0 Å². The molecule has 1 aromatic heterocycles. The van der Waals surface area contributed by atoms with Gasteiger partial charge in [0.15, 0.2) is 6.23 Å². The molecule has 3 heterocycles. The van der Waals surface area contributed by atoms with Gasteiger partial charge < -0.3 is 25.2 Å². The minimum absolute atomic E-state index is 0.501. The Morgan fingerprint density at radius 1 is 1.24 bits per heavy atom. The number of aliphatic hydroxyl groups is 2. The predicted octanol–water partition coefficient (Wildman–Crippen LogP) is 2.88. The summed E-state index contributed by atoms with van der Waals surface area (Å²) in [5, 5.41) is 25.9. The van der Waals surface area contributed by atoms with Crippen LogP contribution in [0.25, 0.3) is 10.9 Å². The number of ether oxygens (including phenoxy) is 1. The van der Waals surface area contributed by atoms with Crippen LogP contribution >= 0.6 is 0 Å². The number of nitrogens with zero attached hydrogens (tertiary/aromatic N) is 4. The first-order valence-corrected chi connectivity index (χ1v) is 11.8. The van der Waals surface area contributed by atoms with E-state index >= 15 is 0 Å². The van der Waals surface area contributed by atoms with Gasteiger partial charge in [0.05, 0.1) is 11.6 Å². The number of aliphatic hydroxyl groups excluding tert-OH is 2. The molecular weight excluding hydrogens is 430 g/mol. The lowest BCUT2D eigenvalue weighted by atomic mass is 10.0. The monoisotopic (exact) mass is 461 g/mol. The van der Waals surface area contributed by atoms with Crippen LogP contribution in [-0.2, 0) is 11.2 Å². The van der Waals surface area contributed by atoms with Crippen molar-refractivity contribution >= 4 is 28.9 Å². The first kappa shape index (κ1) is 22.7. The molecule has 1 aliphatic carbocycles. The molecule has 2 aliphatic heterocycles. The molecule has 0 unspecified atom stereocenters. The molecule has 2 aromatic rings. The summed E-state index contributed by atoms with van der Waals surface area (Å²) in [7, 11) is 1.63. The molecule has 2 fully saturated rings. The smallest absolute Gasteiger partial charge is 0.164 e. The lowest BCUT2D eigenvalue weighted by Gasteiger charge is -2.26. The number of pyridine rings is 1. The number of amidine groups is 1. The Hall–Kier alpha value is -3.07. The number of hydrogen-bond donors (Lipinski definition) is 3. The van der Waals surface area contributed by atoms with E-state index in [1.54, 1.807) is 24.2 Å². The molecule has 5 rings (SSSR count). The largest absolute Gasteiger partial charge is 0.388 e. The zero-order chi connectivity index (χ0) is 23.7. The zero-order valence-electron chi connectivity index (χ0n) is 19.3. The normalized spacial score (nSPS) is 28.1. The van der Waals surface area contributed by atoms with Crippen molar-refractivity contribution in [3.63, 3.8) is 0 Å². The average Bonchev–Trinajstić information content (AvgIpc) is 3.55. The number of hydrogen-bond acceptors (Lipinski definition) is 6. The maximum absolute atomic E-state index is 10.7. The van der Waals surface area contributed by atoms with Crippen LogP contribution in [0.4, 0.5) is 5.82 Å². The summed E-state index contributed by atoms with van der Waals surface area (Å²) in [6.45, 7) is 4.95. The van der Waals surface area contributed by atoms with Crippen molar-refractivity contribution in [2.45, 2.75) is 50.2 Å². The molecule has 0 spiro atoms. The van der Waals surface area contributed by atoms with Gasteiger partial charge in [0.25, 0.3) is 0 Å². The summed E-state index contributed by atoms with van der Waals surface area (Å²) < 4.78 is 6.10. The van der Waals surface area contributed by atoms with Crippen molar-refractivity contribution in [1.29, 1.82) is 0 Å². The Kier molecular flexibility index (Phi) is 6.45. The van der Waals surface area contributed by atoms with Crippen LogP contribution in [-0.4, -0.2) is 70.4 Å². The third-order valence-electron chi connectivity index (χ3n) is 6.62. The second-order valence-electron chi connectivity index (χ2n) is 9.21. The van der Waals surface area contributed by atoms with E-state index in [0.717, 1.165) is 34.7 Å². The van der Waals surface area contributed by atoms with Gasteiger partial charge in [-0.3, -0.25) is 4.99 Å². The Balaban J connectivity index is 1.24. The molecule has 1 saturated carbocycles. The number of fused-ring (bicyclic) bond motifs is 1. The standard InChI is InChI=1S/C26H31N5O3/c1-16-11-12-31(25(16)29-15-27-2)26-24(33)23(32)21(34-26)9-6-17-5-7-19-8-10-22(30-20(19)13-17)28-14-18-3-4-18/h5,7-8,10-13,15,18,21,23-24,26,32-33H,1,3-4,6,9,14H2,2H3,(H,28,30)/b27-15-,29-25+/t21-,23-,24-,26-/m1/s1. The van der Waals surface area contributed by atoms with Crippen LogP contribution in [0, 0.1) is 5.92 Å². The zero-order valence-corrected chi connectivity index (χ0v) is 19.3. The highest BCUT2D eigenvalue weighted by Crippen LogP contribution is 2.31. The van der Waals surface area contributed by atoms with E-state index in [1.165, 1.54) is 19.2 Å². The van der Waals surface area contributed by atoms with Crippen LogP contribution in [0.3, 0.4) is 0 Å². The van der Waals surface area contributed by atoms with Gasteiger partial charge in [0.2, 0.25) is 0 Å². The van der Waals surface area contributed by atoms with E-state index in [1.807, 2.05) is 6.07 Å². The molecule has 178 valence electrons. The molecule has 0 amide bonds. The third-order valence-corrected chi connectivity index (χ3v) is 6.62. The molecule has 0 radical (unpaired) electrons. The summed E-state index contributed by atoms with van der Waals surface area (Å²) in [6.07, 6.45) is 5.57. The molecule has 8 nitrogen and oxygen atoms in total. The highest BCUT2D eigenvalue weighted by Gasteiger charge is 2.46. The van der Waals surface area contributed by atoms with Crippen molar-refractivity contribution in [3.8, 4) is 0 Å². The quantitative estimate of drug-likeness (QED) is 0.413. The molecule has 3 N–H and O–H groups in total. The van der Waals surface area contributed by atoms with Crippen molar-refractivity contribution in [2.75, 3.05) is 18.9 Å². The van der Waals surface area contributed by atoms with Crippen LogP contribution < -0.4 is 5.32 Å². The number of nitrogens with one attached hydrogen (secondary N) is 1. The maximum Gasteiger partial charge on any atom is 0.164 e. The number of benzene rings is 1. The van der Waals surface area contributed by atoms with Gasteiger partial charge in [-0.2, -0.15) is 0 Å². The SMILES string of the molecule is C=C1C=CN([C@@H]2O[C@H](CCc3ccc4ccc(NCC5CC5)nc4c3)[C@@H](O)[C@H]2O)/C1=N/C=N\C. The molecule has 1 saturated heterocycles. The fourth-order valence-corrected chi connectivity index (χ4v) is 4.44. The van der Waals surface area contributed by atoms with Crippen LogP contribution in [0.1, 0.15) is 24.8 Å². The molecule has 34 heavy (non-hydrogen) atoms. The average molecular weight is 462 g/mol. The Bertz CT molecular complexity index is 1160. The van der Waals surface area contributed by atoms with Gasteiger partial charge in [-0.1, -0.05) is 18.7 Å². The summed E-state index contributed by atoms with van der Waals surface area (Å²) in [5.41, 5.74) is 2.76. The molecule has 1 aromatic carbocycles. The maximum atomic E-state index is 10.7. The van der Waals surface area contributed by atoms with Gasteiger partial charge in [-0.25, -0.2) is 9.98 Å². The summed E-state index contributed by atoms with van der Waals surface area (Å²) in [4.78, 5) is 14.6. The molecule has 0 bridgehead atoms. The highest BCUT2D eigenvalue weighted by molar-refractivity contribution is 6.06. The fourth-order valence-electron chi connectivity index (χ4n) is 4.44. The first-order chi connectivity index (χ1) is 16.5. The second kappa shape index (κ2) is 9.66. The van der Waals surface area contributed by atoms with E-state index < -0.39 is 24.5 Å². The number of rotatable bonds is 8. The molecule has 4 atom stereocenters. The lowest BCUT2D eigenvalue weighted by Crippen LogP contribution is -2.43. The van der Waals surface area contributed by atoms with Crippen LogP contribution in [0.2, 0.25) is 0 Å². The summed E-state index contributed by atoms with van der Waals surface area (Å²) in [6, 6.07) is 10.4. The van der Waals surface area contributed by atoms with Crippen molar-refractivity contribution in [3.05, 3.63) is 60.3 Å². The Labute approximate surface area is 199 Å². The lowest BCUT2D eigenvalue weighted by molar-refractivity contribution is -0.0451. The van der Waals surface area contributed by atoms with Crippen molar-refractivity contribution < 1.29 is 14.9 Å². The van der Waals surface area contributed by atoms with E-state index in [2.05, 4.69) is 46.1 Å². The number of aliphatic imine (C=N–C) groups is 2. The number of aryl methyl sites for hydroxylation is 1. The highest BCUT2D eigenvalue weighted by atomic mass is 16.6. The van der Waals surface area contributed by atoms with Gasteiger partial charge in [0.1, 0.15) is 30.2 Å². The fraction of sp³-hybridized carbons (Fsp3) is 0.423. The van der Waals surface area contributed by atoms with Crippen molar-refractivity contribution in [1.82, 2.24) is 9.88 Å². The Morgan fingerprint density at radius 3 is 2.85 bits per heavy atom. The number of aromatic nitrogens is 1. The minimum atomic E-state index is -1.07. The van der Waals surface area contributed by atoms with E-state index in [4.69, 9.17) is 9.72 Å². The molecule has 8 heteroatoms. The van der Waals surface area contributed by atoms with E-state index in [0.29, 0.717) is 24.3 Å². The Morgan fingerprint density at radius 2 is 2.06 bits per heavy atom. The van der Waals surface area contributed by atoms with E-state index in [9.17, 15) is 10.2 Å². The summed E-state index contributed by atoms with van der Waals surface area (Å²) in [5.74, 6) is 2.24. The van der Waals surface area contributed by atoms with Gasteiger partial charge in [-0.15, -0.1) is 0 Å². The van der Waals surface area contributed by atoms with Crippen LogP contribution in [0.15, 0.2) is 64.7 Å². The van der Waals surface area contributed by atoms with Gasteiger partial charge in [-0.05, 0) is 61.4 Å². The summed E-state index contributed by atoms with van der Waals surface area (Å²) >= 11 is 0. The third kappa shape index (κ3) is 4.75. The van der Waals surface area contributed by atoms with Crippen molar-refractivity contribution in [2.24, 2.45) is 15.9 Å².